The van der Waals surface area contributed by atoms with Gasteiger partial charge in [0.05, 0.1) is 12.2 Å². The van der Waals surface area contributed by atoms with Gasteiger partial charge < -0.3 is 9.42 Å². The van der Waals surface area contributed by atoms with Crippen LogP contribution in [0, 0.1) is 27.7 Å². The lowest BCUT2D eigenvalue weighted by Gasteiger charge is -2.17. The molecule has 1 heterocycles. The largest absolute Gasteiger partial charge is 0.361 e. The minimum atomic E-state index is 0.00750. The monoisotopic (exact) mass is 272 g/mol. The molecule has 106 valence electrons. The van der Waals surface area contributed by atoms with Crippen LogP contribution in [-0.2, 0) is 6.54 Å². The Balaban J connectivity index is 2.18. The van der Waals surface area contributed by atoms with Crippen LogP contribution in [0.4, 0.5) is 0 Å². The molecule has 1 aromatic carbocycles. The van der Waals surface area contributed by atoms with Crippen molar-refractivity contribution < 1.29 is 9.32 Å². The van der Waals surface area contributed by atoms with Crippen LogP contribution < -0.4 is 0 Å². The number of carbonyl (C=O) groups is 1. The molecule has 0 atom stereocenters. The standard InChI is InChI=1S/C16H20N2O2/c1-10-6-7-14(8-11(10)2)16(19)18(5)9-15-12(3)17-20-13(15)4/h6-8H,9H2,1-5H3. The van der Waals surface area contributed by atoms with E-state index < -0.39 is 0 Å². The van der Waals surface area contributed by atoms with Crippen LogP contribution in [0.1, 0.15) is 38.5 Å². The maximum absolute atomic E-state index is 12.4. The summed E-state index contributed by atoms with van der Waals surface area (Å²) < 4.78 is 5.13. The number of carbonyl (C=O) groups excluding carboxylic acids is 1. The van der Waals surface area contributed by atoms with Crippen LogP contribution in [0.25, 0.3) is 0 Å². The lowest BCUT2D eigenvalue weighted by molar-refractivity contribution is 0.0784. The molecule has 0 fully saturated rings. The van der Waals surface area contributed by atoms with E-state index in [0.717, 1.165) is 22.6 Å². The summed E-state index contributed by atoms with van der Waals surface area (Å²) in [6.45, 7) is 8.31. The molecule has 1 amide bonds. The fourth-order valence-electron chi connectivity index (χ4n) is 2.13. The minimum absolute atomic E-state index is 0.00750. The van der Waals surface area contributed by atoms with E-state index in [1.54, 1.807) is 11.9 Å². The molecule has 4 nitrogen and oxygen atoms in total. The first kappa shape index (κ1) is 14.3. The molecule has 0 N–H and O–H groups in total. The van der Waals surface area contributed by atoms with Crippen molar-refractivity contribution in [3.05, 3.63) is 51.9 Å². The first-order chi connectivity index (χ1) is 9.40. The van der Waals surface area contributed by atoms with E-state index in [9.17, 15) is 4.79 Å². The smallest absolute Gasteiger partial charge is 0.253 e. The molecule has 20 heavy (non-hydrogen) atoms. The molecule has 0 bridgehead atoms. The van der Waals surface area contributed by atoms with Crippen LogP contribution in [0.2, 0.25) is 0 Å². The fraction of sp³-hybridized carbons (Fsp3) is 0.375. The second-order valence-electron chi connectivity index (χ2n) is 5.26. The first-order valence-corrected chi connectivity index (χ1v) is 6.64. The van der Waals surface area contributed by atoms with Gasteiger partial charge in [-0.3, -0.25) is 4.79 Å². The highest BCUT2D eigenvalue weighted by Gasteiger charge is 2.17. The van der Waals surface area contributed by atoms with E-state index >= 15 is 0 Å². The summed E-state index contributed by atoms with van der Waals surface area (Å²) >= 11 is 0. The van der Waals surface area contributed by atoms with Crippen molar-refractivity contribution in [2.24, 2.45) is 0 Å². The van der Waals surface area contributed by atoms with Crippen molar-refractivity contribution >= 4 is 5.91 Å². The summed E-state index contributed by atoms with van der Waals surface area (Å²) in [6, 6.07) is 5.78. The van der Waals surface area contributed by atoms with Gasteiger partial charge in [-0.2, -0.15) is 0 Å². The van der Waals surface area contributed by atoms with E-state index in [1.165, 1.54) is 5.56 Å². The number of nitrogens with zero attached hydrogens (tertiary/aromatic N) is 2. The number of hydrogen-bond donors (Lipinski definition) is 0. The van der Waals surface area contributed by atoms with Crippen LogP contribution in [-0.4, -0.2) is 23.0 Å². The van der Waals surface area contributed by atoms with Crippen molar-refractivity contribution in [1.29, 1.82) is 0 Å². The van der Waals surface area contributed by atoms with Crippen LogP contribution in [0.5, 0.6) is 0 Å². The topological polar surface area (TPSA) is 46.3 Å². The maximum Gasteiger partial charge on any atom is 0.253 e. The van der Waals surface area contributed by atoms with Crippen LogP contribution in [0.15, 0.2) is 22.7 Å². The van der Waals surface area contributed by atoms with Crippen molar-refractivity contribution in [2.45, 2.75) is 34.2 Å². The fourth-order valence-corrected chi connectivity index (χ4v) is 2.13. The molecular weight excluding hydrogens is 252 g/mol. The van der Waals surface area contributed by atoms with Crippen molar-refractivity contribution in [3.8, 4) is 0 Å². The zero-order valence-electron chi connectivity index (χ0n) is 12.7. The molecule has 0 saturated heterocycles. The summed E-state index contributed by atoms with van der Waals surface area (Å²) in [5.74, 6) is 0.773. The number of hydrogen-bond acceptors (Lipinski definition) is 3. The highest BCUT2D eigenvalue weighted by Crippen LogP contribution is 2.17. The Morgan fingerprint density at radius 2 is 1.90 bits per heavy atom. The predicted octanol–water partition coefficient (Wildman–Crippen LogP) is 3.18. The normalized spacial score (nSPS) is 10.7. The zero-order chi connectivity index (χ0) is 14.9. The molecule has 0 radical (unpaired) electrons. The molecule has 2 rings (SSSR count). The number of benzene rings is 1. The summed E-state index contributed by atoms with van der Waals surface area (Å²) in [4.78, 5) is 14.1. The van der Waals surface area contributed by atoms with E-state index in [1.807, 2.05) is 45.9 Å². The summed E-state index contributed by atoms with van der Waals surface area (Å²) in [7, 11) is 1.80. The van der Waals surface area contributed by atoms with E-state index in [-0.39, 0.29) is 5.91 Å². The molecule has 2 aromatic rings. The minimum Gasteiger partial charge on any atom is -0.361 e. The second-order valence-corrected chi connectivity index (χ2v) is 5.26. The van der Waals surface area contributed by atoms with Gasteiger partial charge in [0.15, 0.2) is 0 Å². The van der Waals surface area contributed by atoms with Crippen LogP contribution >= 0.6 is 0 Å². The molecule has 0 unspecified atom stereocenters. The second kappa shape index (κ2) is 5.49. The molecule has 0 aliphatic carbocycles. The lowest BCUT2D eigenvalue weighted by atomic mass is 10.1. The maximum atomic E-state index is 12.4. The number of rotatable bonds is 3. The lowest BCUT2D eigenvalue weighted by Crippen LogP contribution is -2.26. The van der Waals surface area contributed by atoms with Gasteiger partial charge >= 0.3 is 0 Å². The molecule has 0 aliphatic rings. The van der Waals surface area contributed by atoms with Gasteiger partial charge in [-0.25, -0.2) is 0 Å². The molecule has 1 aromatic heterocycles. The van der Waals surface area contributed by atoms with Gasteiger partial charge in [-0.05, 0) is 51.0 Å². The van der Waals surface area contributed by atoms with Gasteiger partial charge in [-0.15, -0.1) is 0 Å². The molecule has 4 heteroatoms. The Morgan fingerprint density at radius 3 is 2.45 bits per heavy atom. The molecular formula is C16H20N2O2. The third-order valence-electron chi connectivity index (χ3n) is 3.68. The van der Waals surface area contributed by atoms with Gasteiger partial charge in [0.1, 0.15) is 5.76 Å². The summed E-state index contributed by atoms with van der Waals surface area (Å²) in [5.41, 5.74) is 4.84. The summed E-state index contributed by atoms with van der Waals surface area (Å²) in [6.07, 6.45) is 0. The summed E-state index contributed by atoms with van der Waals surface area (Å²) in [5, 5.41) is 3.91. The average Bonchev–Trinajstić information content (AvgIpc) is 2.72. The first-order valence-electron chi connectivity index (χ1n) is 6.64. The third-order valence-corrected chi connectivity index (χ3v) is 3.68. The average molecular weight is 272 g/mol. The molecule has 0 aliphatic heterocycles. The number of aromatic nitrogens is 1. The van der Waals surface area contributed by atoms with Gasteiger partial charge in [0.2, 0.25) is 0 Å². The Labute approximate surface area is 119 Å². The predicted molar refractivity (Wildman–Crippen MR) is 77.7 cm³/mol. The molecule has 0 saturated carbocycles. The van der Waals surface area contributed by atoms with Crippen molar-refractivity contribution in [1.82, 2.24) is 10.1 Å². The highest BCUT2D eigenvalue weighted by atomic mass is 16.5. The SMILES string of the molecule is Cc1ccc(C(=O)N(C)Cc2c(C)noc2C)cc1C. The van der Waals surface area contributed by atoms with Gasteiger partial charge in [0.25, 0.3) is 5.91 Å². The Bertz CT molecular complexity index is 624. The Kier molecular flexibility index (Phi) is 3.93. The van der Waals surface area contributed by atoms with E-state index in [2.05, 4.69) is 5.16 Å². The third kappa shape index (κ3) is 2.74. The zero-order valence-corrected chi connectivity index (χ0v) is 12.7. The van der Waals surface area contributed by atoms with Gasteiger partial charge in [-0.1, -0.05) is 11.2 Å². The van der Waals surface area contributed by atoms with E-state index in [0.29, 0.717) is 12.1 Å². The molecule has 0 spiro atoms. The van der Waals surface area contributed by atoms with Gasteiger partial charge in [0, 0.05) is 18.2 Å². The number of amides is 1. The number of aryl methyl sites for hydroxylation is 4. The van der Waals surface area contributed by atoms with Crippen LogP contribution in [0.3, 0.4) is 0 Å². The van der Waals surface area contributed by atoms with E-state index in [4.69, 9.17) is 4.52 Å². The quantitative estimate of drug-likeness (QED) is 0.862. The highest BCUT2D eigenvalue weighted by molar-refractivity contribution is 5.94. The Hall–Kier alpha value is -2.10. The van der Waals surface area contributed by atoms with Crippen molar-refractivity contribution in [3.63, 3.8) is 0 Å². The van der Waals surface area contributed by atoms with Crippen molar-refractivity contribution in [2.75, 3.05) is 7.05 Å². The Morgan fingerprint density at radius 1 is 1.20 bits per heavy atom.